The minimum absolute atomic E-state index is 0.183. The SMILES string of the molecule is CNC(C)c1ccc(F)c(-c2ccc3ccccc3c2)c1. The third-order valence-electron chi connectivity index (χ3n) is 3.98. The van der Waals surface area contributed by atoms with Crippen molar-refractivity contribution in [3.8, 4) is 11.1 Å². The van der Waals surface area contributed by atoms with Gasteiger partial charge in [0.2, 0.25) is 0 Å². The predicted molar refractivity (Wildman–Crippen MR) is 86.8 cm³/mol. The number of benzene rings is 3. The lowest BCUT2D eigenvalue weighted by atomic mass is 9.97. The molecule has 1 atom stereocenters. The van der Waals surface area contributed by atoms with Crippen molar-refractivity contribution in [1.29, 1.82) is 0 Å². The van der Waals surface area contributed by atoms with Gasteiger partial charge >= 0.3 is 0 Å². The van der Waals surface area contributed by atoms with Crippen molar-refractivity contribution in [2.24, 2.45) is 0 Å². The molecule has 0 amide bonds. The Morgan fingerprint density at radius 3 is 2.43 bits per heavy atom. The van der Waals surface area contributed by atoms with Crippen LogP contribution in [0.1, 0.15) is 18.5 Å². The van der Waals surface area contributed by atoms with Gasteiger partial charge in [-0.1, -0.05) is 42.5 Å². The van der Waals surface area contributed by atoms with Gasteiger partial charge in [-0.3, -0.25) is 0 Å². The highest BCUT2D eigenvalue weighted by molar-refractivity contribution is 5.87. The quantitative estimate of drug-likeness (QED) is 0.717. The largest absolute Gasteiger partial charge is 0.313 e. The number of hydrogen-bond acceptors (Lipinski definition) is 1. The highest BCUT2D eigenvalue weighted by Crippen LogP contribution is 2.29. The van der Waals surface area contributed by atoms with E-state index in [1.54, 1.807) is 6.07 Å². The second-order valence-electron chi connectivity index (χ2n) is 5.31. The zero-order chi connectivity index (χ0) is 14.8. The third-order valence-corrected chi connectivity index (χ3v) is 3.98. The summed E-state index contributed by atoms with van der Waals surface area (Å²) in [5.74, 6) is -0.183. The van der Waals surface area contributed by atoms with Crippen LogP contribution in [0.25, 0.3) is 21.9 Å². The summed E-state index contributed by atoms with van der Waals surface area (Å²) in [6.07, 6.45) is 0. The molecule has 3 rings (SSSR count). The summed E-state index contributed by atoms with van der Waals surface area (Å²) in [4.78, 5) is 0. The zero-order valence-corrected chi connectivity index (χ0v) is 12.2. The third kappa shape index (κ3) is 2.67. The highest BCUT2D eigenvalue weighted by Gasteiger charge is 2.10. The molecule has 0 aliphatic heterocycles. The molecule has 0 saturated heterocycles. The van der Waals surface area contributed by atoms with Gasteiger partial charge in [0.25, 0.3) is 0 Å². The average molecular weight is 279 g/mol. The van der Waals surface area contributed by atoms with E-state index in [2.05, 4.69) is 24.4 Å². The summed E-state index contributed by atoms with van der Waals surface area (Å²) in [6, 6.07) is 19.7. The van der Waals surface area contributed by atoms with Crippen LogP contribution in [0.4, 0.5) is 4.39 Å². The van der Waals surface area contributed by atoms with Crippen molar-refractivity contribution in [1.82, 2.24) is 5.32 Å². The minimum Gasteiger partial charge on any atom is -0.313 e. The molecule has 0 bridgehead atoms. The second kappa shape index (κ2) is 5.66. The first-order valence-corrected chi connectivity index (χ1v) is 7.15. The van der Waals surface area contributed by atoms with Crippen LogP contribution < -0.4 is 5.32 Å². The van der Waals surface area contributed by atoms with E-state index in [0.717, 1.165) is 16.5 Å². The van der Waals surface area contributed by atoms with Crippen LogP contribution in [0.3, 0.4) is 0 Å². The maximum Gasteiger partial charge on any atom is 0.131 e. The Hall–Kier alpha value is -2.19. The van der Waals surface area contributed by atoms with E-state index in [0.29, 0.717) is 5.56 Å². The Labute approximate surface area is 124 Å². The predicted octanol–water partition coefficient (Wildman–Crippen LogP) is 4.93. The Kier molecular flexibility index (Phi) is 3.72. The first-order chi connectivity index (χ1) is 10.2. The minimum atomic E-state index is -0.183. The van der Waals surface area contributed by atoms with Gasteiger partial charge < -0.3 is 5.32 Å². The lowest BCUT2D eigenvalue weighted by molar-refractivity contribution is 0.622. The zero-order valence-electron chi connectivity index (χ0n) is 12.2. The number of nitrogens with one attached hydrogen (secondary N) is 1. The Morgan fingerprint density at radius 2 is 1.67 bits per heavy atom. The van der Waals surface area contributed by atoms with Crippen LogP contribution >= 0.6 is 0 Å². The second-order valence-corrected chi connectivity index (χ2v) is 5.31. The number of halogens is 1. The molecule has 2 heteroatoms. The molecular weight excluding hydrogens is 261 g/mol. The van der Waals surface area contributed by atoms with E-state index in [-0.39, 0.29) is 11.9 Å². The first-order valence-electron chi connectivity index (χ1n) is 7.15. The molecule has 106 valence electrons. The summed E-state index contributed by atoms with van der Waals surface area (Å²) in [5, 5.41) is 5.48. The summed E-state index contributed by atoms with van der Waals surface area (Å²) >= 11 is 0. The standard InChI is InChI=1S/C19H18FN/c1-13(21-2)15-9-10-19(20)18(12-15)17-8-7-14-5-3-4-6-16(14)11-17/h3-13,21H,1-2H3. The molecule has 1 nitrogen and oxygen atoms in total. The molecule has 0 aromatic heterocycles. The van der Waals surface area contributed by atoms with E-state index in [1.807, 2.05) is 49.5 Å². The van der Waals surface area contributed by atoms with Gasteiger partial charge in [0.05, 0.1) is 0 Å². The average Bonchev–Trinajstić information content (AvgIpc) is 2.54. The summed E-state index contributed by atoms with van der Waals surface area (Å²) < 4.78 is 14.2. The van der Waals surface area contributed by atoms with Crippen molar-refractivity contribution in [2.75, 3.05) is 7.05 Å². The maximum absolute atomic E-state index is 14.2. The molecule has 0 radical (unpaired) electrons. The number of rotatable bonds is 3. The van der Waals surface area contributed by atoms with Gasteiger partial charge in [0, 0.05) is 11.6 Å². The van der Waals surface area contributed by atoms with Crippen LogP contribution in [-0.2, 0) is 0 Å². The van der Waals surface area contributed by atoms with Crippen LogP contribution in [0.2, 0.25) is 0 Å². The van der Waals surface area contributed by atoms with Crippen molar-refractivity contribution in [2.45, 2.75) is 13.0 Å². The van der Waals surface area contributed by atoms with E-state index >= 15 is 0 Å². The Bertz CT molecular complexity index is 779. The smallest absolute Gasteiger partial charge is 0.131 e. The normalized spacial score (nSPS) is 12.5. The molecule has 0 spiro atoms. The summed E-state index contributed by atoms with van der Waals surface area (Å²) in [6.45, 7) is 2.07. The van der Waals surface area contributed by atoms with Crippen LogP contribution in [0.5, 0.6) is 0 Å². The van der Waals surface area contributed by atoms with E-state index in [4.69, 9.17) is 0 Å². The van der Waals surface area contributed by atoms with Crippen LogP contribution in [0, 0.1) is 5.82 Å². The summed E-state index contributed by atoms with van der Waals surface area (Å²) in [5.41, 5.74) is 2.65. The lowest BCUT2D eigenvalue weighted by Crippen LogP contribution is -2.12. The fourth-order valence-electron chi connectivity index (χ4n) is 2.56. The molecule has 0 saturated carbocycles. The first kappa shape index (κ1) is 13.8. The van der Waals surface area contributed by atoms with Crippen molar-refractivity contribution in [3.05, 3.63) is 72.0 Å². The maximum atomic E-state index is 14.2. The summed E-state index contributed by atoms with van der Waals surface area (Å²) in [7, 11) is 1.91. The van der Waals surface area contributed by atoms with E-state index < -0.39 is 0 Å². The van der Waals surface area contributed by atoms with Gasteiger partial charge in [0.15, 0.2) is 0 Å². The van der Waals surface area contributed by atoms with Gasteiger partial charge in [-0.05, 0) is 54.1 Å². The molecule has 3 aromatic carbocycles. The van der Waals surface area contributed by atoms with Crippen LogP contribution in [0.15, 0.2) is 60.7 Å². The van der Waals surface area contributed by atoms with E-state index in [9.17, 15) is 4.39 Å². The van der Waals surface area contributed by atoms with Gasteiger partial charge in [-0.2, -0.15) is 0 Å². The monoisotopic (exact) mass is 279 g/mol. The van der Waals surface area contributed by atoms with Crippen molar-refractivity contribution in [3.63, 3.8) is 0 Å². The van der Waals surface area contributed by atoms with Crippen LogP contribution in [-0.4, -0.2) is 7.05 Å². The highest BCUT2D eigenvalue weighted by atomic mass is 19.1. The Balaban J connectivity index is 2.12. The molecule has 1 unspecified atom stereocenters. The molecule has 21 heavy (non-hydrogen) atoms. The molecule has 0 heterocycles. The fourth-order valence-corrected chi connectivity index (χ4v) is 2.56. The lowest BCUT2D eigenvalue weighted by Gasteiger charge is -2.13. The topological polar surface area (TPSA) is 12.0 Å². The fraction of sp³-hybridized carbons (Fsp3) is 0.158. The number of fused-ring (bicyclic) bond motifs is 1. The molecular formula is C19H18FN. The molecule has 0 aliphatic rings. The van der Waals surface area contributed by atoms with Gasteiger partial charge in [-0.25, -0.2) is 4.39 Å². The molecule has 0 aliphatic carbocycles. The molecule has 1 N–H and O–H groups in total. The molecule has 0 fully saturated rings. The Morgan fingerprint density at radius 1 is 0.905 bits per heavy atom. The van der Waals surface area contributed by atoms with Gasteiger partial charge in [0.1, 0.15) is 5.82 Å². The number of hydrogen-bond donors (Lipinski definition) is 1. The van der Waals surface area contributed by atoms with E-state index in [1.165, 1.54) is 5.39 Å². The van der Waals surface area contributed by atoms with Crippen molar-refractivity contribution < 1.29 is 4.39 Å². The van der Waals surface area contributed by atoms with Gasteiger partial charge in [-0.15, -0.1) is 0 Å². The van der Waals surface area contributed by atoms with Crippen molar-refractivity contribution >= 4 is 10.8 Å². The molecule has 3 aromatic rings.